The molecule has 46 heavy (non-hydrogen) atoms. The molecular weight excluding hydrogens is 574 g/mol. The van der Waals surface area contributed by atoms with Crippen LogP contribution in [0.5, 0.6) is 0 Å². The molecule has 4 heterocycles. The Hall–Kier alpha value is -4.76. The number of benzene rings is 2. The van der Waals surface area contributed by atoms with Crippen molar-refractivity contribution in [2.45, 2.75) is 59.7 Å². The van der Waals surface area contributed by atoms with Crippen LogP contribution >= 0.6 is 0 Å². The van der Waals surface area contributed by atoms with Gasteiger partial charge in [-0.3, -0.25) is 19.2 Å². The van der Waals surface area contributed by atoms with Gasteiger partial charge in [-0.25, -0.2) is 4.98 Å². The molecule has 1 fully saturated rings. The molecule has 0 radical (unpaired) electrons. The number of piperazine rings is 1. The monoisotopic (exact) mass is 617 g/mol. The van der Waals surface area contributed by atoms with E-state index in [2.05, 4.69) is 71.2 Å². The van der Waals surface area contributed by atoms with Crippen LogP contribution in [0.1, 0.15) is 59.9 Å². The summed E-state index contributed by atoms with van der Waals surface area (Å²) in [6.07, 6.45) is 5.34. The van der Waals surface area contributed by atoms with E-state index in [1.807, 2.05) is 48.1 Å². The number of carbonyl (C=O) groups excluding carboxylic acids is 1. The summed E-state index contributed by atoms with van der Waals surface area (Å²) in [6.45, 7) is 13.1. The Kier molecular flexibility index (Phi) is 9.30. The number of anilines is 1. The molecule has 3 aromatic heterocycles. The van der Waals surface area contributed by atoms with Gasteiger partial charge in [0, 0.05) is 67.2 Å². The van der Waals surface area contributed by atoms with Gasteiger partial charge in [-0.1, -0.05) is 43.7 Å². The lowest BCUT2D eigenvalue weighted by Crippen LogP contribution is -2.49. The maximum absolute atomic E-state index is 13.9. The van der Waals surface area contributed by atoms with E-state index in [1.165, 1.54) is 0 Å². The van der Waals surface area contributed by atoms with E-state index in [4.69, 9.17) is 10.1 Å². The van der Waals surface area contributed by atoms with Gasteiger partial charge in [0.1, 0.15) is 5.82 Å². The molecule has 0 unspecified atom stereocenters. The number of hydrogen-bond donors (Lipinski definition) is 2. The van der Waals surface area contributed by atoms with Gasteiger partial charge in [0.15, 0.2) is 0 Å². The number of fused-ring (bicyclic) bond motifs is 1. The first-order valence-electron chi connectivity index (χ1n) is 16.3. The maximum Gasteiger partial charge on any atom is 0.253 e. The van der Waals surface area contributed by atoms with Crippen LogP contribution in [0.3, 0.4) is 0 Å². The molecular formula is C37H43N7O2. The Balaban J connectivity index is 1.32. The number of aromatic nitrogens is 4. The molecule has 238 valence electrons. The van der Waals surface area contributed by atoms with Crippen LogP contribution < -0.4 is 15.8 Å². The van der Waals surface area contributed by atoms with Gasteiger partial charge < -0.3 is 15.2 Å². The van der Waals surface area contributed by atoms with E-state index in [0.717, 1.165) is 83.7 Å². The summed E-state index contributed by atoms with van der Waals surface area (Å²) in [6, 6.07) is 20.9. The highest BCUT2D eigenvalue weighted by molar-refractivity contribution is 6.08. The molecule has 0 saturated carbocycles. The second-order valence-electron chi connectivity index (χ2n) is 12.5. The molecule has 1 saturated heterocycles. The van der Waals surface area contributed by atoms with Crippen LogP contribution in [0.15, 0.2) is 77.9 Å². The summed E-state index contributed by atoms with van der Waals surface area (Å²) in [5.41, 5.74) is 6.54. The van der Waals surface area contributed by atoms with Gasteiger partial charge in [-0.05, 0) is 74.2 Å². The predicted octanol–water partition coefficient (Wildman–Crippen LogP) is 5.56. The first-order chi connectivity index (χ1) is 22.3. The average molecular weight is 618 g/mol. The number of hydrogen-bond acceptors (Lipinski definition) is 6. The lowest BCUT2D eigenvalue weighted by atomic mass is 10.00. The van der Waals surface area contributed by atoms with Crippen LogP contribution in [0.25, 0.3) is 22.0 Å². The van der Waals surface area contributed by atoms with Crippen molar-refractivity contribution in [3.05, 3.63) is 111 Å². The number of aromatic amines is 1. The van der Waals surface area contributed by atoms with Crippen molar-refractivity contribution in [2.75, 3.05) is 31.1 Å². The molecule has 1 amide bonds. The second-order valence-corrected chi connectivity index (χ2v) is 12.5. The summed E-state index contributed by atoms with van der Waals surface area (Å²) < 4.78 is 1.94. The minimum atomic E-state index is -0.249. The third-order valence-electron chi connectivity index (χ3n) is 8.94. The highest BCUT2D eigenvalue weighted by atomic mass is 16.1. The number of pyridine rings is 2. The van der Waals surface area contributed by atoms with Crippen LogP contribution in [-0.4, -0.2) is 62.8 Å². The van der Waals surface area contributed by atoms with Crippen molar-refractivity contribution in [1.29, 1.82) is 0 Å². The smallest absolute Gasteiger partial charge is 0.253 e. The first kappa shape index (κ1) is 31.2. The Bertz CT molecular complexity index is 1870. The van der Waals surface area contributed by atoms with Gasteiger partial charge in [-0.15, -0.1) is 0 Å². The van der Waals surface area contributed by atoms with Crippen LogP contribution in [0.4, 0.5) is 5.82 Å². The number of H-pyrrole nitrogens is 1. The Morgan fingerprint density at radius 1 is 0.978 bits per heavy atom. The largest absolute Gasteiger partial charge is 0.354 e. The summed E-state index contributed by atoms with van der Waals surface area (Å²) in [5.74, 6) is 0.715. The summed E-state index contributed by atoms with van der Waals surface area (Å²) in [5, 5.41) is 8.50. The van der Waals surface area contributed by atoms with E-state index in [0.29, 0.717) is 23.7 Å². The molecule has 6 rings (SSSR count). The van der Waals surface area contributed by atoms with Gasteiger partial charge in [0.05, 0.1) is 23.8 Å². The fourth-order valence-electron chi connectivity index (χ4n) is 6.36. The fraction of sp³-hybridized carbons (Fsp3) is 0.351. The molecule has 0 bridgehead atoms. The van der Waals surface area contributed by atoms with Crippen LogP contribution in [0.2, 0.25) is 0 Å². The zero-order valence-electron chi connectivity index (χ0n) is 27.2. The van der Waals surface area contributed by atoms with E-state index < -0.39 is 0 Å². The van der Waals surface area contributed by atoms with Crippen molar-refractivity contribution in [2.24, 2.45) is 0 Å². The van der Waals surface area contributed by atoms with E-state index >= 15 is 0 Å². The van der Waals surface area contributed by atoms with Crippen LogP contribution in [0, 0.1) is 6.92 Å². The standard InChI is InChI=1S/C37H43N7O2/c1-5-9-28-18-26(4)41-37(46)32(28)22-39-36(45)31-19-30(20-34-33(31)23-40-44(34)24-27-10-7-6-8-11-27)29-12-13-35(38-21-29)43-16-14-42(15-17-43)25(2)3/h6-8,10-13,18-21,23,25H,5,9,14-17,22,24H2,1-4H3,(H,39,45)(H,41,46). The minimum absolute atomic E-state index is 0.147. The molecule has 9 nitrogen and oxygen atoms in total. The highest BCUT2D eigenvalue weighted by Crippen LogP contribution is 2.29. The second kappa shape index (κ2) is 13.7. The normalized spacial score (nSPS) is 13.9. The summed E-state index contributed by atoms with van der Waals surface area (Å²) in [7, 11) is 0. The Morgan fingerprint density at radius 3 is 2.46 bits per heavy atom. The van der Waals surface area contributed by atoms with Crippen LogP contribution in [-0.2, 0) is 19.5 Å². The van der Waals surface area contributed by atoms with Crippen molar-refractivity contribution >= 4 is 22.6 Å². The molecule has 2 aromatic carbocycles. The van der Waals surface area contributed by atoms with E-state index in [9.17, 15) is 9.59 Å². The Labute approximate surface area is 270 Å². The number of nitrogens with one attached hydrogen (secondary N) is 2. The zero-order chi connectivity index (χ0) is 32.2. The molecule has 1 aliphatic rings. The summed E-state index contributed by atoms with van der Waals surface area (Å²) >= 11 is 0. The van der Waals surface area contributed by atoms with Gasteiger partial charge in [0.25, 0.3) is 11.5 Å². The third-order valence-corrected chi connectivity index (χ3v) is 8.94. The van der Waals surface area contributed by atoms with E-state index in [1.54, 1.807) is 6.20 Å². The van der Waals surface area contributed by atoms with Gasteiger partial charge >= 0.3 is 0 Å². The SMILES string of the molecule is CCCc1cc(C)[nH]c(=O)c1CNC(=O)c1cc(-c2ccc(N3CCN(C(C)C)CC3)nc2)cc2c1cnn2Cc1ccccc1. The van der Waals surface area contributed by atoms with Crippen molar-refractivity contribution < 1.29 is 4.79 Å². The zero-order valence-corrected chi connectivity index (χ0v) is 27.2. The number of amides is 1. The van der Waals surface area contributed by atoms with Gasteiger partial charge in [0.2, 0.25) is 0 Å². The maximum atomic E-state index is 13.9. The molecule has 5 aromatic rings. The lowest BCUT2D eigenvalue weighted by Gasteiger charge is -2.37. The number of nitrogens with zero attached hydrogens (tertiary/aromatic N) is 5. The fourth-order valence-corrected chi connectivity index (χ4v) is 6.36. The number of aryl methyl sites for hydroxylation is 2. The minimum Gasteiger partial charge on any atom is -0.354 e. The molecule has 9 heteroatoms. The molecule has 0 aliphatic carbocycles. The number of carbonyl (C=O) groups is 1. The third kappa shape index (κ3) is 6.74. The first-order valence-corrected chi connectivity index (χ1v) is 16.3. The van der Waals surface area contributed by atoms with Crippen molar-refractivity contribution in [1.82, 2.24) is 30.0 Å². The molecule has 2 N–H and O–H groups in total. The van der Waals surface area contributed by atoms with Crippen molar-refractivity contribution in [3.63, 3.8) is 0 Å². The molecule has 0 atom stereocenters. The van der Waals surface area contributed by atoms with Gasteiger partial charge in [-0.2, -0.15) is 5.10 Å². The highest BCUT2D eigenvalue weighted by Gasteiger charge is 2.21. The molecule has 1 aliphatic heterocycles. The average Bonchev–Trinajstić information content (AvgIpc) is 3.46. The predicted molar refractivity (Wildman–Crippen MR) is 184 cm³/mol. The summed E-state index contributed by atoms with van der Waals surface area (Å²) in [4.78, 5) is 39.3. The van der Waals surface area contributed by atoms with Crippen molar-refractivity contribution in [3.8, 4) is 11.1 Å². The Morgan fingerprint density at radius 2 is 1.76 bits per heavy atom. The quantitative estimate of drug-likeness (QED) is 0.213. The number of rotatable bonds is 10. The topological polar surface area (TPSA) is 99.2 Å². The lowest BCUT2D eigenvalue weighted by molar-refractivity contribution is 0.0952. The van der Waals surface area contributed by atoms with E-state index in [-0.39, 0.29) is 18.0 Å². The molecule has 0 spiro atoms.